The van der Waals surface area contributed by atoms with Gasteiger partial charge in [-0.05, 0) is 47.5 Å². The molecule has 0 aliphatic carbocycles. The van der Waals surface area contributed by atoms with Crippen LogP contribution in [0.3, 0.4) is 0 Å². The second-order valence-electron chi connectivity index (χ2n) is 3.25. The maximum Gasteiger partial charge on any atom is 0.0385 e. The lowest BCUT2D eigenvalue weighted by Gasteiger charge is -2.08. The highest BCUT2D eigenvalue weighted by atomic mass is 32.2. The molecule has 0 aliphatic rings. The molecule has 0 bridgehead atoms. The summed E-state index contributed by atoms with van der Waals surface area (Å²) in [5.74, 6) is 0. The Morgan fingerprint density at radius 1 is 0.875 bits per heavy atom. The Balaban J connectivity index is 2.14. The lowest BCUT2D eigenvalue weighted by Crippen LogP contribution is -1.92. The zero-order chi connectivity index (χ0) is 11.4. The van der Waals surface area contributed by atoms with Crippen LogP contribution in [0.25, 0.3) is 0 Å². The Hall–Kier alpha value is -1.65. The molecule has 1 N–H and O–H groups in total. The number of rotatable bonds is 3. The molecule has 1 atom stereocenters. The Morgan fingerprint density at radius 2 is 1.44 bits per heavy atom. The fraction of sp³-hybridized carbons (Fsp3) is 0. The maximum atomic E-state index is 10.7. The Kier molecular flexibility index (Phi) is 3.34. The standard InChI is InChI=1S/C12H11NO2S/c14-16(15)12-8-6-11(7-9-12)13-10-4-2-1-3-5-10/h1-9,13H,(H,14,15)/p-1. The molecule has 4 heteroatoms. The minimum Gasteiger partial charge on any atom is -0.768 e. The number of hydrogen-bond acceptors (Lipinski definition) is 3. The zero-order valence-corrected chi connectivity index (χ0v) is 9.24. The Morgan fingerprint density at radius 3 is 2.00 bits per heavy atom. The fourth-order valence-electron chi connectivity index (χ4n) is 1.34. The molecule has 16 heavy (non-hydrogen) atoms. The van der Waals surface area contributed by atoms with Gasteiger partial charge in [-0.15, -0.1) is 0 Å². The third kappa shape index (κ3) is 2.68. The summed E-state index contributed by atoms with van der Waals surface area (Å²) in [5, 5.41) is 3.17. The van der Waals surface area contributed by atoms with Gasteiger partial charge in [0.25, 0.3) is 0 Å². The quantitative estimate of drug-likeness (QED) is 0.828. The third-order valence-electron chi connectivity index (χ3n) is 2.11. The Labute approximate surface area is 96.4 Å². The van der Waals surface area contributed by atoms with Crippen LogP contribution in [-0.2, 0) is 11.1 Å². The van der Waals surface area contributed by atoms with Crippen molar-refractivity contribution in [1.29, 1.82) is 0 Å². The predicted molar refractivity (Wildman–Crippen MR) is 63.4 cm³/mol. The molecule has 1 unspecified atom stereocenters. The van der Waals surface area contributed by atoms with Crippen molar-refractivity contribution in [2.45, 2.75) is 4.90 Å². The van der Waals surface area contributed by atoms with Crippen LogP contribution in [0.2, 0.25) is 0 Å². The van der Waals surface area contributed by atoms with E-state index in [1.807, 2.05) is 30.3 Å². The minimum atomic E-state index is -2.16. The van der Waals surface area contributed by atoms with Gasteiger partial charge in [0.2, 0.25) is 0 Å². The van der Waals surface area contributed by atoms with Gasteiger partial charge in [-0.2, -0.15) is 0 Å². The first-order chi connectivity index (χ1) is 7.75. The summed E-state index contributed by atoms with van der Waals surface area (Å²) in [6.45, 7) is 0. The van der Waals surface area contributed by atoms with E-state index in [0.717, 1.165) is 11.4 Å². The average molecular weight is 232 g/mol. The molecule has 0 spiro atoms. The summed E-state index contributed by atoms with van der Waals surface area (Å²) >= 11 is -2.16. The first-order valence-electron chi connectivity index (χ1n) is 4.77. The zero-order valence-electron chi connectivity index (χ0n) is 8.42. The molecule has 3 nitrogen and oxygen atoms in total. The normalized spacial score (nSPS) is 12.1. The second-order valence-corrected chi connectivity index (χ2v) is 4.19. The van der Waals surface area contributed by atoms with E-state index in [0.29, 0.717) is 4.90 Å². The molecule has 82 valence electrons. The van der Waals surface area contributed by atoms with Crippen LogP contribution in [0.15, 0.2) is 59.5 Å². The fourth-order valence-corrected chi connectivity index (χ4v) is 1.70. The average Bonchev–Trinajstić information content (AvgIpc) is 2.31. The molecule has 0 heterocycles. The first-order valence-corrected chi connectivity index (χ1v) is 5.84. The van der Waals surface area contributed by atoms with E-state index in [4.69, 9.17) is 0 Å². The second kappa shape index (κ2) is 4.92. The summed E-state index contributed by atoms with van der Waals surface area (Å²) in [6.07, 6.45) is 0. The number of hydrogen-bond donors (Lipinski definition) is 1. The SMILES string of the molecule is O=S([O-])c1ccc(Nc2ccccc2)cc1. The third-order valence-corrected chi connectivity index (χ3v) is 2.77. The van der Waals surface area contributed by atoms with Crippen molar-refractivity contribution in [3.63, 3.8) is 0 Å². The van der Waals surface area contributed by atoms with E-state index in [2.05, 4.69) is 5.32 Å². The van der Waals surface area contributed by atoms with Gasteiger partial charge in [0.15, 0.2) is 0 Å². The van der Waals surface area contributed by atoms with Crippen LogP contribution in [0.4, 0.5) is 11.4 Å². The van der Waals surface area contributed by atoms with Gasteiger partial charge in [0.05, 0.1) is 0 Å². The van der Waals surface area contributed by atoms with Crippen molar-refractivity contribution < 1.29 is 8.76 Å². The molecule has 0 fully saturated rings. The van der Waals surface area contributed by atoms with Crippen LogP contribution >= 0.6 is 0 Å². The van der Waals surface area contributed by atoms with Crippen molar-refractivity contribution in [3.05, 3.63) is 54.6 Å². The van der Waals surface area contributed by atoms with Gasteiger partial charge in [-0.1, -0.05) is 18.2 Å². The summed E-state index contributed by atoms with van der Waals surface area (Å²) in [7, 11) is 0. The predicted octanol–water partition coefficient (Wildman–Crippen LogP) is 2.67. The number of nitrogens with one attached hydrogen (secondary N) is 1. The van der Waals surface area contributed by atoms with E-state index < -0.39 is 11.1 Å². The van der Waals surface area contributed by atoms with E-state index in [1.54, 1.807) is 24.3 Å². The summed E-state index contributed by atoms with van der Waals surface area (Å²) in [5.41, 5.74) is 1.83. The highest BCUT2D eigenvalue weighted by molar-refractivity contribution is 7.79. The van der Waals surface area contributed by atoms with Gasteiger partial charge in [0, 0.05) is 16.3 Å². The monoisotopic (exact) mass is 232 g/mol. The Bertz CT molecular complexity index is 482. The molecule has 0 amide bonds. The molecule has 0 saturated heterocycles. The molecule has 2 rings (SSSR count). The largest absolute Gasteiger partial charge is 0.768 e. The van der Waals surface area contributed by atoms with Crippen molar-refractivity contribution in [2.24, 2.45) is 0 Å². The first kappa shape index (κ1) is 10.9. The lowest BCUT2D eigenvalue weighted by molar-refractivity contribution is 0.537. The van der Waals surface area contributed by atoms with Crippen molar-refractivity contribution in [2.75, 3.05) is 5.32 Å². The van der Waals surface area contributed by atoms with Crippen LogP contribution in [0.1, 0.15) is 0 Å². The molecule has 0 saturated carbocycles. The lowest BCUT2D eigenvalue weighted by atomic mass is 10.3. The summed E-state index contributed by atoms with van der Waals surface area (Å²) < 4.78 is 21.3. The molecule has 2 aromatic rings. The highest BCUT2D eigenvalue weighted by Gasteiger charge is 1.95. The van der Waals surface area contributed by atoms with Crippen molar-refractivity contribution in [1.82, 2.24) is 0 Å². The maximum absolute atomic E-state index is 10.7. The number of benzene rings is 2. The molecule has 0 radical (unpaired) electrons. The summed E-state index contributed by atoms with van der Waals surface area (Å²) in [6, 6.07) is 16.3. The van der Waals surface area contributed by atoms with Gasteiger partial charge in [0.1, 0.15) is 0 Å². The molecular formula is C12H10NO2S-. The van der Waals surface area contributed by atoms with Crippen LogP contribution in [0.5, 0.6) is 0 Å². The smallest absolute Gasteiger partial charge is 0.0385 e. The topological polar surface area (TPSA) is 52.2 Å². The van der Waals surface area contributed by atoms with E-state index in [1.165, 1.54) is 0 Å². The highest BCUT2D eigenvalue weighted by Crippen LogP contribution is 2.17. The van der Waals surface area contributed by atoms with Crippen molar-refractivity contribution in [3.8, 4) is 0 Å². The summed E-state index contributed by atoms with van der Waals surface area (Å²) in [4.78, 5) is 0.290. The van der Waals surface area contributed by atoms with Gasteiger partial charge in [-0.25, -0.2) is 0 Å². The minimum absolute atomic E-state index is 0.290. The number of para-hydroxylation sites is 1. The molecular weight excluding hydrogens is 222 g/mol. The van der Waals surface area contributed by atoms with Gasteiger partial charge < -0.3 is 9.87 Å². The molecule has 2 aromatic carbocycles. The van der Waals surface area contributed by atoms with Gasteiger partial charge in [-0.3, -0.25) is 4.21 Å². The van der Waals surface area contributed by atoms with Crippen LogP contribution < -0.4 is 5.32 Å². The van der Waals surface area contributed by atoms with E-state index >= 15 is 0 Å². The van der Waals surface area contributed by atoms with Crippen LogP contribution in [-0.4, -0.2) is 8.76 Å². The molecule has 0 aromatic heterocycles. The van der Waals surface area contributed by atoms with Crippen LogP contribution in [0, 0.1) is 0 Å². The van der Waals surface area contributed by atoms with E-state index in [9.17, 15) is 8.76 Å². The van der Waals surface area contributed by atoms with Crippen molar-refractivity contribution >= 4 is 22.5 Å². The molecule has 0 aliphatic heterocycles. The van der Waals surface area contributed by atoms with Gasteiger partial charge >= 0.3 is 0 Å². The van der Waals surface area contributed by atoms with E-state index in [-0.39, 0.29) is 0 Å². The number of anilines is 2.